The third-order valence-electron chi connectivity index (χ3n) is 2.51. The number of ether oxygens (including phenoxy) is 2. The van der Waals surface area contributed by atoms with Crippen molar-refractivity contribution in [3.05, 3.63) is 17.7 Å². The monoisotopic (exact) mass is 243 g/mol. The molecule has 0 fully saturated rings. The summed E-state index contributed by atoms with van der Waals surface area (Å²) in [6.07, 6.45) is 0.491. The number of methoxy groups -OCH3 is 2. The highest BCUT2D eigenvalue weighted by atomic mass is 32.2. The Morgan fingerprint density at radius 3 is 2.44 bits per heavy atom. The average Bonchev–Trinajstić information content (AvgIpc) is 2.26. The zero-order valence-electron chi connectivity index (χ0n) is 9.11. The third-order valence-corrected chi connectivity index (χ3v) is 3.79. The van der Waals surface area contributed by atoms with Crippen molar-refractivity contribution in [2.24, 2.45) is 0 Å². The van der Waals surface area contributed by atoms with Crippen LogP contribution < -0.4 is 14.2 Å². The van der Waals surface area contributed by atoms with Crippen LogP contribution in [-0.4, -0.2) is 28.4 Å². The van der Waals surface area contributed by atoms with E-state index >= 15 is 0 Å². The Labute approximate surface area is 94.4 Å². The van der Waals surface area contributed by atoms with Crippen molar-refractivity contribution in [2.75, 3.05) is 24.7 Å². The fraction of sp³-hybridized carbons (Fsp3) is 0.400. The lowest BCUT2D eigenvalue weighted by Gasteiger charge is -2.20. The number of aryl methyl sites for hydroxylation is 1. The van der Waals surface area contributed by atoms with Crippen LogP contribution >= 0.6 is 0 Å². The number of fused-ring (bicyclic) bond motifs is 1. The van der Waals surface area contributed by atoms with Gasteiger partial charge >= 0.3 is 0 Å². The van der Waals surface area contributed by atoms with Crippen molar-refractivity contribution in [3.63, 3.8) is 0 Å². The molecular formula is C10H13NO4S. The Bertz CT molecular complexity index is 510. The molecule has 2 rings (SSSR count). The van der Waals surface area contributed by atoms with Crippen LogP contribution in [0.2, 0.25) is 0 Å². The van der Waals surface area contributed by atoms with Gasteiger partial charge in [0.2, 0.25) is 10.0 Å². The van der Waals surface area contributed by atoms with Crippen LogP contribution in [0.25, 0.3) is 0 Å². The van der Waals surface area contributed by atoms with E-state index < -0.39 is 10.0 Å². The molecule has 16 heavy (non-hydrogen) atoms. The Balaban J connectivity index is 2.50. The Morgan fingerprint density at radius 2 is 1.81 bits per heavy atom. The second-order valence-corrected chi connectivity index (χ2v) is 5.38. The minimum atomic E-state index is -3.19. The van der Waals surface area contributed by atoms with Gasteiger partial charge in [-0.05, 0) is 18.1 Å². The third kappa shape index (κ3) is 1.92. The van der Waals surface area contributed by atoms with Crippen LogP contribution in [0.4, 0.5) is 5.69 Å². The molecule has 0 amide bonds. The molecule has 0 saturated heterocycles. The molecule has 0 radical (unpaired) electrons. The summed E-state index contributed by atoms with van der Waals surface area (Å²) in [7, 11) is -0.119. The van der Waals surface area contributed by atoms with Gasteiger partial charge in [0.15, 0.2) is 11.5 Å². The molecule has 1 N–H and O–H groups in total. The summed E-state index contributed by atoms with van der Waals surface area (Å²) >= 11 is 0. The lowest BCUT2D eigenvalue weighted by atomic mass is 10.1. The molecule has 1 aromatic rings. The highest BCUT2D eigenvalue weighted by Crippen LogP contribution is 2.35. The molecule has 0 aliphatic carbocycles. The van der Waals surface area contributed by atoms with Crippen LogP contribution in [0.5, 0.6) is 11.5 Å². The molecule has 88 valence electrons. The Kier molecular flexibility index (Phi) is 2.67. The van der Waals surface area contributed by atoms with E-state index in [4.69, 9.17) is 9.47 Å². The maximum absolute atomic E-state index is 11.4. The lowest BCUT2D eigenvalue weighted by Crippen LogP contribution is -2.24. The van der Waals surface area contributed by atoms with Crippen LogP contribution in [0.3, 0.4) is 0 Å². The number of hydrogen-bond donors (Lipinski definition) is 1. The summed E-state index contributed by atoms with van der Waals surface area (Å²) in [5.74, 6) is 1.24. The van der Waals surface area contributed by atoms with Crippen molar-refractivity contribution >= 4 is 15.7 Å². The van der Waals surface area contributed by atoms with Gasteiger partial charge in [0.05, 0.1) is 25.7 Å². The van der Waals surface area contributed by atoms with E-state index in [2.05, 4.69) is 4.72 Å². The topological polar surface area (TPSA) is 64.6 Å². The summed E-state index contributed by atoms with van der Waals surface area (Å²) < 4.78 is 35.5. The van der Waals surface area contributed by atoms with E-state index in [1.807, 2.05) is 0 Å². The number of anilines is 1. The van der Waals surface area contributed by atoms with Gasteiger partial charge in [-0.15, -0.1) is 0 Å². The van der Waals surface area contributed by atoms with Gasteiger partial charge in [-0.1, -0.05) is 0 Å². The van der Waals surface area contributed by atoms with Crippen LogP contribution in [0.15, 0.2) is 12.1 Å². The Hall–Kier alpha value is -1.43. The first-order chi connectivity index (χ1) is 7.55. The number of rotatable bonds is 2. The molecule has 0 unspecified atom stereocenters. The van der Waals surface area contributed by atoms with E-state index in [1.165, 1.54) is 7.11 Å². The number of sulfonamides is 1. The summed E-state index contributed by atoms with van der Waals surface area (Å²) in [5.41, 5.74) is 1.50. The lowest BCUT2D eigenvalue weighted by molar-refractivity contribution is 0.355. The van der Waals surface area contributed by atoms with E-state index in [9.17, 15) is 8.42 Å². The summed E-state index contributed by atoms with van der Waals surface area (Å²) in [5, 5.41) is 0. The molecule has 1 aromatic carbocycles. The maximum atomic E-state index is 11.4. The van der Waals surface area contributed by atoms with Crippen molar-refractivity contribution in [1.82, 2.24) is 0 Å². The van der Waals surface area contributed by atoms with Crippen molar-refractivity contribution in [3.8, 4) is 11.5 Å². The molecule has 0 bridgehead atoms. The maximum Gasteiger partial charge on any atom is 0.233 e. The fourth-order valence-electron chi connectivity index (χ4n) is 1.69. The fourth-order valence-corrected chi connectivity index (χ4v) is 2.80. The van der Waals surface area contributed by atoms with E-state index in [0.29, 0.717) is 23.6 Å². The van der Waals surface area contributed by atoms with Gasteiger partial charge in [0.1, 0.15) is 0 Å². The number of benzene rings is 1. The quantitative estimate of drug-likeness (QED) is 0.841. The van der Waals surface area contributed by atoms with E-state index in [-0.39, 0.29) is 5.75 Å². The minimum absolute atomic E-state index is 0.107. The SMILES string of the molecule is COc1cc2c(cc1OC)NS(=O)(=O)CC2. The molecule has 1 aliphatic rings. The predicted octanol–water partition coefficient (Wildman–Crippen LogP) is 1.00. The first-order valence-electron chi connectivity index (χ1n) is 4.81. The second kappa shape index (κ2) is 3.86. The standard InChI is InChI=1S/C10H13NO4S/c1-14-9-5-7-3-4-16(12,13)11-8(7)6-10(9)15-2/h5-6,11H,3-4H2,1-2H3. The average molecular weight is 243 g/mol. The molecule has 1 aliphatic heterocycles. The van der Waals surface area contributed by atoms with Gasteiger partial charge in [-0.25, -0.2) is 8.42 Å². The summed E-state index contributed by atoms with van der Waals surface area (Å²) in [6, 6.07) is 3.45. The molecule has 0 aromatic heterocycles. The number of hydrogen-bond acceptors (Lipinski definition) is 4. The molecule has 0 saturated carbocycles. The van der Waals surface area contributed by atoms with E-state index in [0.717, 1.165) is 5.56 Å². The molecule has 5 nitrogen and oxygen atoms in total. The zero-order chi connectivity index (χ0) is 11.8. The smallest absolute Gasteiger partial charge is 0.233 e. The van der Waals surface area contributed by atoms with Crippen LogP contribution in [0.1, 0.15) is 5.56 Å². The van der Waals surface area contributed by atoms with Gasteiger partial charge in [-0.2, -0.15) is 0 Å². The summed E-state index contributed by atoms with van der Waals surface area (Å²) in [4.78, 5) is 0. The van der Waals surface area contributed by atoms with Crippen molar-refractivity contribution in [2.45, 2.75) is 6.42 Å². The molecule has 1 heterocycles. The van der Waals surface area contributed by atoms with Crippen molar-refractivity contribution in [1.29, 1.82) is 0 Å². The molecule has 0 spiro atoms. The second-order valence-electron chi connectivity index (χ2n) is 3.54. The van der Waals surface area contributed by atoms with Gasteiger partial charge in [0.25, 0.3) is 0 Å². The van der Waals surface area contributed by atoms with E-state index in [1.54, 1.807) is 19.2 Å². The van der Waals surface area contributed by atoms with Gasteiger partial charge < -0.3 is 9.47 Å². The van der Waals surface area contributed by atoms with Crippen LogP contribution in [-0.2, 0) is 16.4 Å². The summed E-state index contributed by atoms with van der Waals surface area (Å²) in [6.45, 7) is 0. The zero-order valence-corrected chi connectivity index (χ0v) is 9.93. The van der Waals surface area contributed by atoms with Gasteiger partial charge in [-0.3, -0.25) is 4.72 Å². The normalized spacial score (nSPS) is 17.1. The van der Waals surface area contributed by atoms with Gasteiger partial charge in [0, 0.05) is 6.07 Å². The molecule has 0 atom stereocenters. The molecular weight excluding hydrogens is 230 g/mol. The van der Waals surface area contributed by atoms with Crippen molar-refractivity contribution < 1.29 is 17.9 Å². The Morgan fingerprint density at radius 1 is 1.19 bits per heavy atom. The minimum Gasteiger partial charge on any atom is -0.493 e. The highest BCUT2D eigenvalue weighted by molar-refractivity contribution is 7.92. The largest absolute Gasteiger partial charge is 0.493 e. The first-order valence-corrected chi connectivity index (χ1v) is 6.46. The number of nitrogens with one attached hydrogen (secondary N) is 1. The predicted molar refractivity (Wildman–Crippen MR) is 60.7 cm³/mol. The molecule has 6 heteroatoms. The first kappa shape index (κ1) is 11.1. The highest BCUT2D eigenvalue weighted by Gasteiger charge is 2.22. The van der Waals surface area contributed by atoms with Crippen LogP contribution in [0, 0.1) is 0 Å².